The summed E-state index contributed by atoms with van der Waals surface area (Å²) in [4.78, 5) is 17.2. The molecule has 0 radical (unpaired) electrons. The molecule has 2 rings (SSSR count). The summed E-state index contributed by atoms with van der Waals surface area (Å²) in [6.07, 6.45) is -0.918. The van der Waals surface area contributed by atoms with E-state index in [9.17, 15) is 4.79 Å². The van der Waals surface area contributed by atoms with Gasteiger partial charge in [-0.15, -0.1) is 0 Å². The van der Waals surface area contributed by atoms with Crippen molar-refractivity contribution in [1.29, 1.82) is 0 Å². The number of nitrogens with zero attached hydrogens (tertiary/aromatic N) is 2. The van der Waals surface area contributed by atoms with Crippen molar-refractivity contribution in [2.24, 2.45) is 0 Å². The molecule has 0 spiro atoms. The van der Waals surface area contributed by atoms with Gasteiger partial charge in [0.15, 0.2) is 6.10 Å². The van der Waals surface area contributed by atoms with Gasteiger partial charge in [0.05, 0.1) is 17.7 Å². The van der Waals surface area contributed by atoms with Gasteiger partial charge >= 0.3 is 5.97 Å². The highest BCUT2D eigenvalue weighted by molar-refractivity contribution is 6.36. The Balaban J connectivity index is 2.80. The molecule has 0 saturated carbocycles. The summed E-state index contributed by atoms with van der Waals surface area (Å²) in [6.45, 7) is 14.5. The second-order valence-electron chi connectivity index (χ2n) is 7.21. The van der Waals surface area contributed by atoms with Crippen LogP contribution in [0.2, 0.25) is 5.02 Å². The van der Waals surface area contributed by atoms with Crippen LogP contribution in [-0.2, 0) is 20.8 Å². The quantitative estimate of drug-likeness (QED) is 0.738. The highest BCUT2D eigenvalue weighted by atomic mass is 35.5. The molecule has 0 bridgehead atoms. The van der Waals surface area contributed by atoms with Crippen LogP contribution in [-0.4, -0.2) is 28.2 Å². The number of pyridine rings is 1. The first-order valence-electron chi connectivity index (χ1n) is 8.44. The fourth-order valence-electron chi connectivity index (χ4n) is 3.11. The van der Waals surface area contributed by atoms with Gasteiger partial charge < -0.3 is 14.0 Å². The summed E-state index contributed by atoms with van der Waals surface area (Å²) in [5, 5.41) is 1.38. The van der Waals surface area contributed by atoms with Crippen LogP contribution in [0.25, 0.3) is 11.0 Å². The molecule has 0 fully saturated rings. The lowest BCUT2D eigenvalue weighted by atomic mass is 10.0. The maximum absolute atomic E-state index is 12.4. The molecule has 0 saturated heterocycles. The first-order valence-corrected chi connectivity index (χ1v) is 8.82. The average Bonchev–Trinajstić information content (AvgIpc) is 2.75. The van der Waals surface area contributed by atoms with Gasteiger partial charge in [-0.1, -0.05) is 11.6 Å². The number of fused-ring (bicyclic) bond motifs is 1. The van der Waals surface area contributed by atoms with Gasteiger partial charge in [0.2, 0.25) is 0 Å². The minimum atomic E-state index is -0.918. The highest BCUT2D eigenvalue weighted by Crippen LogP contribution is 2.39. The van der Waals surface area contributed by atoms with E-state index in [2.05, 4.69) is 18.4 Å². The monoisotopic (exact) mass is 366 g/mol. The number of aromatic nitrogens is 2. The summed E-state index contributed by atoms with van der Waals surface area (Å²) >= 11 is 6.78. The Morgan fingerprint density at radius 2 is 1.88 bits per heavy atom. The van der Waals surface area contributed by atoms with Crippen LogP contribution in [0.15, 0.2) is 0 Å². The Kier molecular flexibility index (Phi) is 5.50. The molecule has 2 aromatic heterocycles. The minimum Gasteiger partial charge on any atom is -0.467 e. The first-order chi connectivity index (χ1) is 11.5. The maximum atomic E-state index is 12.4. The summed E-state index contributed by atoms with van der Waals surface area (Å²) in [5.74, 6) is -0.481. The normalized spacial score (nSPS) is 13.3. The molecule has 2 heterocycles. The number of esters is 1. The molecule has 6 heteroatoms. The second kappa shape index (κ2) is 6.96. The summed E-state index contributed by atoms with van der Waals surface area (Å²) in [5.41, 5.74) is 3.73. The molecule has 0 aliphatic carbocycles. The number of ether oxygens (including phenoxy) is 2. The van der Waals surface area contributed by atoms with E-state index >= 15 is 0 Å². The van der Waals surface area contributed by atoms with Crippen molar-refractivity contribution < 1.29 is 14.3 Å². The molecule has 0 aromatic carbocycles. The molecule has 1 atom stereocenters. The van der Waals surface area contributed by atoms with E-state index in [1.165, 1.54) is 7.11 Å². The zero-order chi connectivity index (χ0) is 19.1. The lowest BCUT2D eigenvalue weighted by molar-refractivity contribution is -0.164. The van der Waals surface area contributed by atoms with Gasteiger partial charge in [0, 0.05) is 28.9 Å². The number of hydrogen-bond acceptors (Lipinski definition) is 4. The van der Waals surface area contributed by atoms with Crippen molar-refractivity contribution in [1.82, 2.24) is 9.55 Å². The van der Waals surface area contributed by atoms with E-state index in [1.54, 1.807) is 0 Å². The van der Waals surface area contributed by atoms with Gasteiger partial charge in [-0.05, 0) is 54.0 Å². The Labute approximate surface area is 154 Å². The SMILES string of the molecule is CCn1c(C)c(C)c2c(Cl)c(C(OC(C)(C)C)C(=O)OC)c(C)nc21. The number of carbonyl (C=O) groups is 1. The van der Waals surface area contributed by atoms with Crippen LogP contribution in [0.3, 0.4) is 0 Å². The van der Waals surface area contributed by atoms with E-state index < -0.39 is 17.7 Å². The predicted octanol–water partition coefficient (Wildman–Crippen LogP) is 4.66. The van der Waals surface area contributed by atoms with E-state index in [1.807, 2.05) is 34.6 Å². The molecule has 1 unspecified atom stereocenters. The summed E-state index contributed by atoms with van der Waals surface area (Å²) in [7, 11) is 1.35. The van der Waals surface area contributed by atoms with Gasteiger partial charge in [0.1, 0.15) is 5.65 Å². The molecule has 138 valence electrons. The molecular formula is C19H27ClN2O3. The van der Waals surface area contributed by atoms with Crippen LogP contribution >= 0.6 is 11.6 Å². The Hall–Kier alpha value is -1.59. The van der Waals surface area contributed by atoms with E-state index in [4.69, 9.17) is 26.1 Å². The molecule has 0 aliphatic rings. The molecular weight excluding hydrogens is 340 g/mol. The minimum absolute atomic E-state index is 0.481. The zero-order valence-electron chi connectivity index (χ0n) is 16.3. The summed E-state index contributed by atoms with van der Waals surface area (Å²) in [6, 6.07) is 0. The molecule has 25 heavy (non-hydrogen) atoms. The van der Waals surface area contributed by atoms with Crippen LogP contribution in [0.4, 0.5) is 0 Å². The lowest BCUT2D eigenvalue weighted by Crippen LogP contribution is -2.29. The van der Waals surface area contributed by atoms with Crippen LogP contribution in [0.1, 0.15) is 56.3 Å². The first kappa shape index (κ1) is 19.7. The molecule has 0 N–H and O–H groups in total. The topological polar surface area (TPSA) is 53.4 Å². The lowest BCUT2D eigenvalue weighted by Gasteiger charge is -2.27. The zero-order valence-corrected chi connectivity index (χ0v) is 17.0. The Morgan fingerprint density at radius 3 is 2.36 bits per heavy atom. The number of methoxy groups -OCH3 is 1. The van der Waals surface area contributed by atoms with Gasteiger partial charge in [0.25, 0.3) is 0 Å². The number of carbonyl (C=O) groups excluding carboxylic acids is 1. The Morgan fingerprint density at radius 1 is 1.28 bits per heavy atom. The van der Waals surface area contributed by atoms with E-state index in [0.29, 0.717) is 16.3 Å². The number of halogens is 1. The third-order valence-electron chi connectivity index (χ3n) is 4.39. The van der Waals surface area contributed by atoms with Crippen molar-refractivity contribution in [2.45, 2.75) is 66.7 Å². The van der Waals surface area contributed by atoms with Crippen molar-refractivity contribution in [3.8, 4) is 0 Å². The molecule has 2 aromatic rings. The maximum Gasteiger partial charge on any atom is 0.339 e. The number of rotatable bonds is 4. The Bertz CT molecular complexity index is 819. The summed E-state index contributed by atoms with van der Waals surface area (Å²) < 4.78 is 13.1. The molecule has 0 aliphatic heterocycles. The number of aryl methyl sites for hydroxylation is 3. The molecule has 5 nitrogen and oxygen atoms in total. The predicted molar refractivity (Wildman–Crippen MR) is 100 cm³/mol. The standard InChI is InChI=1S/C19H27ClN2O3/c1-9-22-12(4)10(2)13-15(20)14(11(3)21-17(13)22)16(18(23)24-8)25-19(5,6)7/h16H,9H2,1-8H3. The average molecular weight is 367 g/mol. The fourth-order valence-corrected chi connectivity index (χ4v) is 3.58. The van der Waals surface area contributed by atoms with Gasteiger partial charge in [-0.25, -0.2) is 9.78 Å². The van der Waals surface area contributed by atoms with E-state index in [-0.39, 0.29) is 0 Å². The van der Waals surface area contributed by atoms with Crippen molar-refractivity contribution in [3.05, 3.63) is 27.5 Å². The fraction of sp³-hybridized carbons (Fsp3) is 0.579. The van der Waals surface area contributed by atoms with Crippen LogP contribution in [0, 0.1) is 20.8 Å². The van der Waals surface area contributed by atoms with Gasteiger partial charge in [-0.2, -0.15) is 0 Å². The van der Waals surface area contributed by atoms with Crippen molar-refractivity contribution >= 4 is 28.6 Å². The largest absolute Gasteiger partial charge is 0.467 e. The second-order valence-corrected chi connectivity index (χ2v) is 7.59. The van der Waals surface area contributed by atoms with Crippen molar-refractivity contribution in [3.63, 3.8) is 0 Å². The van der Waals surface area contributed by atoms with E-state index in [0.717, 1.165) is 28.8 Å². The third-order valence-corrected chi connectivity index (χ3v) is 4.78. The van der Waals surface area contributed by atoms with Crippen molar-refractivity contribution in [2.75, 3.05) is 7.11 Å². The third kappa shape index (κ3) is 3.53. The van der Waals surface area contributed by atoms with Crippen LogP contribution < -0.4 is 0 Å². The highest BCUT2D eigenvalue weighted by Gasteiger charge is 2.33. The van der Waals surface area contributed by atoms with Gasteiger partial charge in [-0.3, -0.25) is 0 Å². The van der Waals surface area contributed by atoms with Crippen LogP contribution in [0.5, 0.6) is 0 Å². The molecule has 0 amide bonds. The smallest absolute Gasteiger partial charge is 0.339 e. The number of hydrogen-bond donors (Lipinski definition) is 0.